The van der Waals surface area contributed by atoms with Gasteiger partial charge in [0.15, 0.2) is 0 Å². The van der Waals surface area contributed by atoms with Crippen LogP contribution in [-0.4, -0.2) is 34.2 Å². The maximum Gasteiger partial charge on any atom is 0.341 e. The minimum absolute atomic E-state index is 0.198. The van der Waals surface area contributed by atoms with Crippen molar-refractivity contribution in [2.24, 2.45) is 0 Å². The van der Waals surface area contributed by atoms with E-state index in [4.69, 9.17) is 9.84 Å². The van der Waals surface area contributed by atoms with Crippen LogP contribution in [0.25, 0.3) is 0 Å². The molecule has 0 saturated heterocycles. The van der Waals surface area contributed by atoms with E-state index in [1.807, 2.05) is 0 Å². The number of rotatable bonds is 5. The molecule has 1 aromatic heterocycles. The lowest BCUT2D eigenvalue weighted by Gasteiger charge is -2.22. The van der Waals surface area contributed by atoms with Crippen LogP contribution in [-0.2, 0) is 9.53 Å². The Hall–Kier alpha value is -2.11. The second-order valence-corrected chi connectivity index (χ2v) is 4.18. The van der Waals surface area contributed by atoms with E-state index in [0.717, 1.165) is 0 Å². The smallest absolute Gasteiger partial charge is 0.341 e. The van der Waals surface area contributed by atoms with Crippen molar-refractivity contribution < 1.29 is 19.4 Å². The minimum atomic E-state index is -1.23. The van der Waals surface area contributed by atoms with Gasteiger partial charge in [0.2, 0.25) is 0 Å². The van der Waals surface area contributed by atoms with E-state index in [1.165, 1.54) is 26.1 Å². The Kier molecular flexibility index (Phi) is 4.25. The molecule has 0 aromatic carbocycles. The van der Waals surface area contributed by atoms with Crippen LogP contribution in [0.2, 0.25) is 0 Å². The Bertz CT molecular complexity index is 457. The van der Waals surface area contributed by atoms with Crippen LogP contribution in [0, 0.1) is 0 Å². The normalized spacial score (nSPS) is 10.8. The summed E-state index contributed by atoms with van der Waals surface area (Å²) < 4.78 is 4.88. The molecule has 6 nitrogen and oxygen atoms in total. The zero-order valence-electron chi connectivity index (χ0n) is 10.6. The number of carboxylic acids is 1. The van der Waals surface area contributed by atoms with E-state index >= 15 is 0 Å². The Morgan fingerprint density at radius 1 is 1.50 bits per heavy atom. The van der Waals surface area contributed by atoms with Crippen molar-refractivity contribution in [1.29, 1.82) is 0 Å². The molecule has 0 saturated carbocycles. The number of aliphatic carboxylic acids is 1. The second-order valence-electron chi connectivity index (χ2n) is 4.18. The molecule has 18 heavy (non-hydrogen) atoms. The first-order valence-corrected chi connectivity index (χ1v) is 5.52. The molecular formula is C12H16N2O4. The standard InChI is InChI=1S/C12H16N2O4/c1-4-18-10(15)8-6-5-7-13-9(8)14-12(2,3)11(16)17/h5-7H,4H2,1-3H3,(H,13,14)(H,16,17). The summed E-state index contributed by atoms with van der Waals surface area (Å²) in [4.78, 5) is 26.7. The van der Waals surface area contributed by atoms with Gasteiger partial charge in [-0.2, -0.15) is 0 Å². The van der Waals surface area contributed by atoms with E-state index in [-0.39, 0.29) is 18.0 Å². The highest BCUT2D eigenvalue weighted by Gasteiger charge is 2.29. The third kappa shape index (κ3) is 3.19. The monoisotopic (exact) mass is 252 g/mol. The van der Waals surface area contributed by atoms with E-state index in [1.54, 1.807) is 13.0 Å². The van der Waals surface area contributed by atoms with Crippen LogP contribution in [0.5, 0.6) is 0 Å². The Morgan fingerprint density at radius 2 is 2.17 bits per heavy atom. The SMILES string of the molecule is CCOC(=O)c1cccnc1NC(C)(C)C(=O)O. The highest BCUT2D eigenvalue weighted by Crippen LogP contribution is 2.18. The van der Waals surface area contributed by atoms with Crippen molar-refractivity contribution >= 4 is 17.8 Å². The molecule has 6 heteroatoms. The van der Waals surface area contributed by atoms with Crippen LogP contribution >= 0.6 is 0 Å². The summed E-state index contributed by atoms with van der Waals surface area (Å²) in [5.74, 6) is -1.37. The van der Waals surface area contributed by atoms with Gasteiger partial charge < -0.3 is 15.2 Å². The number of nitrogens with zero attached hydrogens (tertiary/aromatic N) is 1. The van der Waals surface area contributed by atoms with Gasteiger partial charge in [0.25, 0.3) is 0 Å². The molecule has 0 radical (unpaired) electrons. The molecule has 0 amide bonds. The zero-order chi connectivity index (χ0) is 13.8. The first kappa shape index (κ1) is 14.0. The lowest BCUT2D eigenvalue weighted by Crippen LogP contribution is -2.40. The zero-order valence-corrected chi connectivity index (χ0v) is 10.6. The number of ether oxygens (including phenoxy) is 1. The van der Waals surface area contributed by atoms with Gasteiger partial charge in [-0.15, -0.1) is 0 Å². The Morgan fingerprint density at radius 3 is 2.72 bits per heavy atom. The molecule has 1 aromatic rings. The van der Waals surface area contributed by atoms with Crippen LogP contribution < -0.4 is 5.32 Å². The summed E-state index contributed by atoms with van der Waals surface area (Å²) in [6, 6.07) is 3.12. The van der Waals surface area contributed by atoms with E-state index in [2.05, 4.69) is 10.3 Å². The van der Waals surface area contributed by atoms with E-state index < -0.39 is 17.5 Å². The predicted molar refractivity (Wildman–Crippen MR) is 65.5 cm³/mol. The van der Waals surface area contributed by atoms with Crippen molar-refractivity contribution in [3.8, 4) is 0 Å². The summed E-state index contributed by atoms with van der Waals surface area (Å²) in [7, 11) is 0. The average Bonchev–Trinajstić information content (AvgIpc) is 2.29. The summed E-state index contributed by atoms with van der Waals surface area (Å²) in [5.41, 5.74) is -1.01. The number of aromatic nitrogens is 1. The summed E-state index contributed by atoms with van der Waals surface area (Å²) in [5, 5.41) is 11.7. The van der Waals surface area contributed by atoms with Crippen molar-refractivity contribution in [2.75, 3.05) is 11.9 Å². The summed E-state index contributed by atoms with van der Waals surface area (Å²) >= 11 is 0. The van der Waals surface area contributed by atoms with Crippen molar-refractivity contribution in [3.05, 3.63) is 23.9 Å². The number of anilines is 1. The fraction of sp³-hybridized carbons (Fsp3) is 0.417. The predicted octanol–water partition coefficient (Wildman–Crippen LogP) is 1.53. The van der Waals surface area contributed by atoms with Crippen LogP contribution in [0.1, 0.15) is 31.1 Å². The van der Waals surface area contributed by atoms with E-state index in [0.29, 0.717) is 0 Å². The third-order valence-electron chi connectivity index (χ3n) is 2.27. The molecule has 0 aliphatic carbocycles. The number of nitrogens with one attached hydrogen (secondary N) is 1. The molecule has 0 unspecified atom stereocenters. The molecule has 1 heterocycles. The number of pyridine rings is 1. The van der Waals surface area contributed by atoms with Crippen LogP contribution in [0.3, 0.4) is 0 Å². The first-order valence-electron chi connectivity index (χ1n) is 5.52. The molecular weight excluding hydrogens is 236 g/mol. The van der Waals surface area contributed by atoms with Gasteiger partial charge in [-0.25, -0.2) is 14.6 Å². The van der Waals surface area contributed by atoms with Crippen molar-refractivity contribution in [3.63, 3.8) is 0 Å². The highest BCUT2D eigenvalue weighted by molar-refractivity contribution is 5.95. The highest BCUT2D eigenvalue weighted by atomic mass is 16.5. The fourth-order valence-corrected chi connectivity index (χ4v) is 1.23. The maximum atomic E-state index is 11.7. The Balaban J connectivity index is 3.03. The van der Waals surface area contributed by atoms with E-state index in [9.17, 15) is 9.59 Å². The van der Waals surface area contributed by atoms with Gasteiger partial charge in [-0.3, -0.25) is 0 Å². The van der Waals surface area contributed by atoms with Crippen LogP contribution in [0.4, 0.5) is 5.82 Å². The van der Waals surface area contributed by atoms with Crippen LogP contribution in [0.15, 0.2) is 18.3 Å². The molecule has 0 aliphatic heterocycles. The number of hydrogen-bond acceptors (Lipinski definition) is 5. The lowest BCUT2D eigenvalue weighted by atomic mass is 10.1. The minimum Gasteiger partial charge on any atom is -0.480 e. The quantitative estimate of drug-likeness (QED) is 0.773. The second kappa shape index (κ2) is 5.48. The number of carbonyl (C=O) groups excluding carboxylic acids is 1. The topological polar surface area (TPSA) is 88.5 Å². The molecule has 0 fully saturated rings. The average molecular weight is 252 g/mol. The van der Waals surface area contributed by atoms with Crippen molar-refractivity contribution in [1.82, 2.24) is 4.98 Å². The summed E-state index contributed by atoms with van der Waals surface area (Å²) in [6.07, 6.45) is 1.48. The van der Waals surface area contributed by atoms with Gasteiger partial charge >= 0.3 is 11.9 Å². The molecule has 2 N–H and O–H groups in total. The number of hydrogen-bond donors (Lipinski definition) is 2. The third-order valence-corrected chi connectivity index (χ3v) is 2.27. The Labute approximate surface area is 105 Å². The van der Waals surface area contributed by atoms with Gasteiger partial charge in [-0.1, -0.05) is 0 Å². The molecule has 98 valence electrons. The largest absolute Gasteiger partial charge is 0.480 e. The van der Waals surface area contributed by atoms with Gasteiger partial charge in [0.1, 0.15) is 16.9 Å². The van der Waals surface area contributed by atoms with Gasteiger partial charge in [-0.05, 0) is 32.9 Å². The van der Waals surface area contributed by atoms with Crippen molar-refractivity contribution in [2.45, 2.75) is 26.3 Å². The number of carboxylic acid groups (broad SMARTS) is 1. The molecule has 0 aliphatic rings. The van der Waals surface area contributed by atoms with Gasteiger partial charge in [0, 0.05) is 6.20 Å². The molecule has 0 atom stereocenters. The first-order chi connectivity index (χ1) is 8.38. The number of esters is 1. The maximum absolute atomic E-state index is 11.7. The molecule has 1 rings (SSSR count). The number of carbonyl (C=O) groups is 2. The lowest BCUT2D eigenvalue weighted by molar-refractivity contribution is -0.141. The fourth-order valence-electron chi connectivity index (χ4n) is 1.23. The summed E-state index contributed by atoms with van der Waals surface area (Å²) in [6.45, 7) is 4.91. The molecule has 0 bridgehead atoms. The van der Waals surface area contributed by atoms with Gasteiger partial charge in [0.05, 0.1) is 6.61 Å². The molecule has 0 spiro atoms.